The SMILES string of the molecule is Cc1c(Cl)cc(S(=O)(=O)N2C[C@H](C)C[C@H](C)C2)cc1C(=O)O. The molecule has 0 amide bonds. The first-order valence-electron chi connectivity index (χ1n) is 7.16. The Morgan fingerprint density at radius 3 is 2.32 bits per heavy atom. The summed E-state index contributed by atoms with van der Waals surface area (Å²) in [5, 5.41) is 9.36. The number of carboxylic acids is 1. The van der Waals surface area contributed by atoms with Crippen LogP contribution in [0.15, 0.2) is 17.0 Å². The zero-order valence-corrected chi connectivity index (χ0v) is 14.4. The van der Waals surface area contributed by atoms with Gasteiger partial charge in [-0.05, 0) is 42.9 Å². The maximum atomic E-state index is 12.8. The van der Waals surface area contributed by atoms with Crippen LogP contribution in [0.3, 0.4) is 0 Å². The molecule has 1 aromatic carbocycles. The molecular formula is C15H20ClNO4S. The van der Waals surface area contributed by atoms with Gasteiger partial charge < -0.3 is 5.11 Å². The van der Waals surface area contributed by atoms with Crippen molar-refractivity contribution in [3.05, 3.63) is 28.3 Å². The van der Waals surface area contributed by atoms with Gasteiger partial charge in [0.15, 0.2) is 0 Å². The third-order valence-corrected chi connectivity index (χ3v) is 6.22. The van der Waals surface area contributed by atoms with E-state index in [1.165, 1.54) is 16.4 Å². The lowest BCUT2D eigenvalue weighted by Crippen LogP contribution is -2.42. The van der Waals surface area contributed by atoms with E-state index >= 15 is 0 Å². The number of hydrogen-bond acceptors (Lipinski definition) is 3. The molecule has 0 aromatic heterocycles. The predicted octanol–water partition coefficient (Wildman–Crippen LogP) is 3.01. The molecule has 2 atom stereocenters. The molecule has 1 heterocycles. The van der Waals surface area contributed by atoms with E-state index in [-0.39, 0.29) is 27.3 Å². The highest BCUT2D eigenvalue weighted by Crippen LogP contribution is 2.30. The minimum atomic E-state index is -3.74. The van der Waals surface area contributed by atoms with E-state index in [9.17, 15) is 18.3 Å². The third-order valence-electron chi connectivity index (χ3n) is 4.02. The Morgan fingerprint density at radius 2 is 1.82 bits per heavy atom. The molecule has 0 unspecified atom stereocenters. The Morgan fingerprint density at radius 1 is 1.27 bits per heavy atom. The molecular weight excluding hydrogens is 326 g/mol. The van der Waals surface area contributed by atoms with Crippen molar-refractivity contribution in [3.63, 3.8) is 0 Å². The minimum absolute atomic E-state index is 0.0539. The first-order valence-corrected chi connectivity index (χ1v) is 8.98. The summed E-state index contributed by atoms with van der Waals surface area (Å²) >= 11 is 6.02. The number of sulfonamides is 1. The number of rotatable bonds is 3. The van der Waals surface area contributed by atoms with Crippen molar-refractivity contribution < 1.29 is 18.3 Å². The fourth-order valence-electron chi connectivity index (χ4n) is 2.98. The lowest BCUT2D eigenvalue weighted by molar-refractivity contribution is 0.0696. The van der Waals surface area contributed by atoms with E-state index in [0.29, 0.717) is 18.7 Å². The third kappa shape index (κ3) is 3.29. The molecule has 0 saturated carbocycles. The van der Waals surface area contributed by atoms with Gasteiger partial charge in [-0.3, -0.25) is 0 Å². The summed E-state index contributed by atoms with van der Waals surface area (Å²) in [4.78, 5) is 11.2. The van der Waals surface area contributed by atoms with Crippen LogP contribution in [0.2, 0.25) is 5.02 Å². The molecule has 1 aliphatic heterocycles. The number of piperidine rings is 1. The van der Waals surface area contributed by atoms with Crippen molar-refractivity contribution in [2.75, 3.05) is 13.1 Å². The van der Waals surface area contributed by atoms with E-state index in [2.05, 4.69) is 0 Å². The number of aromatic carboxylic acids is 1. The summed E-state index contributed by atoms with van der Waals surface area (Å²) in [7, 11) is -3.74. The fraction of sp³-hybridized carbons (Fsp3) is 0.533. The van der Waals surface area contributed by atoms with E-state index in [4.69, 9.17) is 11.6 Å². The van der Waals surface area contributed by atoms with Gasteiger partial charge in [0.2, 0.25) is 10.0 Å². The Bertz CT molecular complexity index is 692. The molecule has 1 saturated heterocycles. The van der Waals surface area contributed by atoms with Crippen LogP contribution < -0.4 is 0 Å². The summed E-state index contributed by atoms with van der Waals surface area (Å²) in [6.45, 7) is 6.49. The standard InChI is InChI=1S/C15H20ClNO4S/c1-9-4-10(2)8-17(7-9)22(20,21)12-5-13(15(18)19)11(3)14(16)6-12/h5-6,9-10H,4,7-8H2,1-3H3,(H,18,19)/t9-,10+. The summed E-state index contributed by atoms with van der Waals surface area (Å²) in [6.07, 6.45) is 0.987. The van der Waals surface area contributed by atoms with Gasteiger partial charge in [0, 0.05) is 18.1 Å². The lowest BCUT2D eigenvalue weighted by Gasteiger charge is -2.34. The van der Waals surface area contributed by atoms with Crippen LogP contribution in [0.5, 0.6) is 0 Å². The fourth-order valence-corrected chi connectivity index (χ4v) is 4.99. The van der Waals surface area contributed by atoms with Gasteiger partial charge in [-0.2, -0.15) is 4.31 Å². The first kappa shape index (κ1) is 17.2. The van der Waals surface area contributed by atoms with Gasteiger partial charge in [-0.15, -0.1) is 0 Å². The molecule has 1 fully saturated rings. The molecule has 7 heteroatoms. The van der Waals surface area contributed by atoms with E-state index < -0.39 is 16.0 Å². The Balaban J connectivity index is 2.48. The molecule has 0 radical (unpaired) electrons. The van der Waals surface area contributed by atoms with Gasteiger partial charge in [-0.1, -0.05) is 25.4 Å². The topological polar surface area (TPSA) is 74.7 Å². The minimum Gasteiger partial charge on any atom is -0.478 e. The zero-order chi connectivity index (χ0) is 16.7. The summed E-state index contributed by atoms with van der Waals surface area (Å²) in [6, 6.07) is 2.53. The molecule has 22 heavy (non-hydrogen) atoms. The number of nitrogens with zero attached hydrogens (tertiary/aromatic N) is 1. The second-order valence-electron chi connectivity index (χ2n) is 6.15. The van der Waals surface area contributed by atoms with Crippen LogP contribution in [0, 0.1) is 18.8 Å². The molecule has 1 N–H and O–H groups in total. The number of carboxylic acid groups (broad SMARTS) is 1. The van der Waals surface area contributed by atoms with Gasteiger partial charge >= 0.3 is 5.97 Å². The van der Waals surface area contributed by atoms with Crippen molar-refractivity contribution in [3.8, 4) is 0 Å². The maximum absolute atomic E-state index is 12.8. The van der Waals surface area contributed by atoms with Gasteiger partial charge in [0.05, 0.1) is 10.5 Å². The number of carbonyl (C=O) groups is 1. The zero-order valence-electron chi connectivity index (χ0n) is 12.8. The van der Waals surface area contributed by atoms with Crippen LogP contribution in [0.1, 0.15) is 36.2 Å². The normalized spacial score (nSPS) is 23.5. The second-order valence-corrected chi connectivity index (χ2v) is 8.50. The highest BCUT2D eigenvalue weighted by atomic mass is 35.5. The van der Waals surface area contributed by atoms with Gasteiger partial charge in [0.25, 0.3) is 0 Å². The molecule has 0 bridgehead atoms. The van der Waals surface area contributed by atoms with Crippen LogP contribution in [-0.2, 0) is 10.0 Å². The smallest absolute Gasteiger partial charge is 0.336 e. The van der Waals surface area contributed by atoms with E-state index in [1.54, 1.807) is 6.92 Å². The van der Waals surface area contributed by atoms with Crippen molar-refractivity contribution >= 4 is 27.6 Å². The van der Waals surface area contributed by atoms with Crippen LogP contribution in [0.4, 0.5) is 0 Å². The van der Waals surface area contributed by atoms with Crippen molar-refractivity contribution in [1.29, 1.82) is 0 Å². The van der Waals surface area contributed by atoms with Crippen LogP contribution in [-0.4, -0.2) is 36.9 Å². The molecule has 0 spiro atoms. The summed E-state index contributed by atoms with van der Waals surface area (Å²) in [5.41, 5.74) is 0.290. The maximum Gasteiger partial charge on any atom is 0.336 e. The highest BCUT2D eigenvalue weighted by Gasteiger charge is 2.32. The molecule has 5 nitrogen and oxygen atoms in total. The Hall–Kier alpha value is -1.11. The first-order chi connectivity index (χ1) is 10.1. The summed E-state index contributed by atoms with van der Waals surface area (Å²) in [5.74, 6) is -0.631. The van der Waals surface area contributed by atoms with E-state index in [1.807, 2.05) is 13.8 Å². The predicted molar refractivity (Wildman–Crippen MR) is 84.9 cm³/mol. The molecule has 2 rings (SSSR count). The average Bonchev–Trinajstić information content (AvgIpc) is 2.40. The van der Waals surface area contributed by atoms with Crippen molar-refractivity contribution in [1.82, 2.24) is 4.31 Å². The summed E-state index contributed by atoms with van der Waals surface area (Å²) < 4.78 is 27.0. The monoisotopic (exact) mass is 345 g/mol. The number of hydrogen-bond donors (Lipinski definition) is 1. The largest absolute Gasteiger partial charge is 0.478 e. The lowest BCUT2D eigenvalue weighted by atomic mass is 9.94. The molecule has 1 aromatic rings. The van der Waals surface area contributed by atoms with Crippen molar-refractivity contribution in [2.24, 2.45) is 11.8 Å². The van der Waals surface area contributed by atoms with Gasteiger partial charge in [0.1, 0.15) is 0 Å². The Kier molecular flexibility index (Phi) is 4.84. The molecule has 1 aliphatic rings. The van der Waals surface area contributed by atoms with Gasteiger partial charge in [-0.25, -0.2) is 13.2 Å². The molecule has 0 aliphatic carbocycles. The van der Waals surface area contributed by atoms with Crippen LogP contribution >= 0.6 is 11.6 Å². The second kappa shape index (κ2) is 6.18. The van der Waals surface area contributed by atoms with Crippen molar-refractivity contribution in [2.45, 2.75) is 32.1 Å². The van der Waals surface area contributed by atoms with E-state index in [0.717, 1.165) is 6.42 Å². The average molecular weight is 346 g/mol. The van der Waals surface area contributed by atoms with Crippen LogP contribution in [0.25, 0.3) is 0 Å². The quantitative estimate of drug-likeness (QED) is 0.913. The number of halogens is 1. The highest BCUT2D eigenvalue weighted by molar-refractivity contribution is 7.89. The number of benzene rings is 1. The molecule has 122 valence electrons. The Labute approximate surface area is 135 Å².